The monoisotopic (exact) mass is 385 g/mol. The first-order valence-corrected chi connectivity index (χ1v) is 9.33. The van der Waals surface area contributed by atoms with Crippen LogP contribution in [0.4, 0.5) is 11.6 Å². The molecule has 0 bridgehead atoms. The molecular formula is C19H20ClN5O2. The van der Waals surface area contributed by atoms with Crippen LogP contribution in [0.2, 0.25) is 5.02 Å². The highest BCUT2D eigenvalue weighted by Crippen LogP contribution is 2.29. The molecule has 27 heavy (non-hydrogen) atoms. The maximum absolute atomic E-state index is 11.7. The van der Waals surface area contributed by atoms with Crippen molar-refractivity contribution in [2.45, 2.75) is 13.0 Å². The van der Waals surface area contributed by atoms with Crippen molar-refractivity contribution in [3.05, 3.63) is 69.4 Å². The first kappa shape index (κ1) is 17.8. The lowest BCUT2D eigenvalue weighted by Gasteiger charge is -2.21. The number of nitrogens with zero attached hydrogens (tertiary/aromatic N) is 5. The Labute approximate surface area is 161 Å². The topological polar surface area (TPSA) is 66.9 Å². The van der Waals surface area contributed by atoms with E-state index in [1.165, 1.54) is 5.56 Å². The fourth-order valence-corrected chi connectivity index (χ4v) is 3.67. The highest BCUT2D eigenvalue weighted by Gasteiger charge is 2.28. The molecule has 2 aromatic heterocycles. The predicted molar refractivity (Wildman–Crippen MR) is 105 cm³/mol. The Bertz CT molecular complexity index is 956. The third-order valence-corrected chi connectivity index (χ3v) is 5.12. The van der Waals surface area contributed by atoms with Gasteiger partial charge in [0.05, 0.1) is 6.20 Å². The van der Waals surface area contributed by atoms with Crippen LogP contribution in [0.15, 0.2) is 48.7 Å². The number of rotatable bonds is 4. The van der Waals surface area contributed by atoms with Gasteiger partial charge in [-0.3, -0.25) is 4.90 Å². The molecule has 140 valence electrons. The fourth-order valence-electron chi connectivity index (χ4n) is 3.54. The summed E-state index contributed by atoms with van der Waals surface area (Å²) >= 11 is 5.96. The van der Waals surface area contributed by atoms with Crippen LogP contribution in [-0.4, -0.2) is 45.4 Å². The molecule has 0 aliphatic carbocycles. The minimum atomic E-state index is -0.342. The Balaban J connectivity index is 1.53. The highest BCUT2D eigenvalue weighted by molar-refractivity contribution is 6.30. The second-order valence-corrected chi connectivity index (χ2v) is 7.12. The van der Waals surface area contributed by atoms with Crippen molar-refractivity contribution in [3.8, 4) is 0 Å². The van der Waals surface area contributed by atoms with Gasteiger partial charge in [0.25, 0.3) is 0 Å². The number of imidazole rings is 1. The van der Waals surface area contributed by atoms with Gasteiger partial charge in [0.15, 0.2) is 0 Å². The fraction of sp³-hybridized carbons (Fsp3) is 0.316. The van der Waals surface area contributed by atoms with E-state index in [4.69, 9.17) is 11.6 Å². The van der Waals surface area contributed by atoms with E-state index in [0.29, 0.717) is 18.0 Å². The van der Waals surface area contributed by atoms with Crippen molar-refractivity contribution in [1.82, 2.24) is 14.3 Å². The molecule has 0 atom stereocenters. The summed E-state index contributed by atoms with van der Waals surface area (Å²) < 4.78 is 1.55. The van der Waals surface area contributed by atoms with Gasteiger partial charge >= 0.3 is 5.82 Å². The number of anilines is 1. The number of fused-ring (bicyclic) bond motifs is 1. The Kier molecular flexibility index (Phi) is 4.96. The molecule has 0 spiro atoms. The largest absolute Gasteiger partial charge is 0.372 e. The third-order valence-electron chi connectivity index (χ3n) is 4.87. The Morgan fingerprint density at radius 1 is 1.07 bits per heavy atom. The summed E-state index contributed by atoms with van der Waals surface area (Å²) in [5.74, 6) is 0.497. The molecule has 1 aliphatic heterocycles. The maximum atomic E-state index is 11.7. The molecule has 7 nitrogen and oxygen atoms in total. The number of aromatic nitrogens is 2. The molecule has 0 saturated carbocycles. The summed E-state index contributed by atoms with van der Waals surface area (Å²) in [4.78, 5) is 20.2. The Morgan fingerprint density at radius 2 is 1.89 bits per heavy atom. The molecular weight excluding hydrogens is 366 g/mol. The summed E-state index contributed by atoms with van der Waals surface area (Å²) in [6.45, 7) is 4.08. The van der Waals surface area contributed by atoms with E-state index >= 15 is 0 Å². The average molecular weight is 386 g/mol. The van der Waals surface area contributed by atoms with Gasteiger partial charge in [-0.1, -0.05) is 29.8 Å². The van der Waals surface area contributed by atoms with Gasteiger partial charge in [-0.25, -0.2) is 0 Å². The van der Waals surface area contributed by atoms with Crippen LogP contribution in [0.5, 0.6) is 0 Å². The van der Waals surface area contributed by atoms with E-state index in [9.17, 15) is 10.1 Å². The molecule has 4 rings (SSSR count). The first-order valence-electron chi connectivity index (χ1n) is 8.95. The van der Waals surface area contributed by atoms with Crippen molar-refractivity contribution in [2.75, 3.05) is 31.1 Å². The van der Waals surface area contributed by atoms with Gasteiger partial charge < -0.3 is 15.0 Å². The van der Waals surface area contributed by atoms with Crippen LogP contribution in [0, 0.1) is 10.1 Å². The zero-order valence-electron chi connectivity index (χ0n) is 14.8. The summed E-state index contributed by atoms with van der Waals surface area (Å²) in [6.07, 6.45) is 2.62. The smallest absolute Gasteiger partial charge is 0.358 e. The Hall–Kier alpha value is -2.64. The predicted octanol–water partition coefficient (Wildman–Crippen LogP) is 3.61. The number of pyridine rings is 1. The van der Waals surface area contributed by atoms with Crippen molar-refractivity contribution >= 4 is 28.9 Å². The average Bonchev–Trinajstić information content (AvgIpc) is 2.90. The molecule has 0 unspecified atom stereocenters. The minimum absolute atomic E-state index is 0.0387. The van der Waals surface area contributed by atoms with Crippen LogP contribution < -0.4 is 4.90 Å². The molecule has 1 saturated heterocycles. The van der Waals surface area contributed by atoms with E-state index in [2.05, 4.69) is 9.88 Å². The van der Waals surface area contributed by atoms with Crippen LogP contribution in [0.3, 0.4) is 0 Å². The van der Waals surface area contributed by atoms with Crippen LogP contribution in [0.1, 0.15) is 12.0 Å². The number of nitro groups is 1. The molecule has 0 N–H and O–H groups in total. The highest BCUT2D eigenvalue weighted by atomic mass is 35.5. The zero-order valence-corrected chi connectivity index (χ0v) is 15.5. The van der Waals surface area contributed by atoms with E-state index in [-0.39, 0.29) is 10.7 Å². The number of hydrogen-bond acceptors (Lipinski definition) is 5. The minimum Gasteiger partial charge on any atom is -0.358 e. The van der Waals surface area contributed by atoms with Crippen molar-refractivity contribution in [3.63, 3.8) is 0 Å². The lowest BCUT2D eigenvalue weighted by Crippen LogP contribution is -2.31. The third kappa shape index (κ3) is 3.74. The lowest BCUT2D eigenvalue weighted by atomic mass is 10.2. The molecule has 0 amide bonds. The standard InChI is InChI=1S/C19H20ClN5O2/c20-16-7-5-15(6-8-16)14-22-9-3-10-23(13-12-22)18-19(25(26)27)24-11-2-1-4-17(24)21-18/h1-2,4-8,11H,3,9-10,12-14H2. The second-order valence-electron chi connectivity index (χ2n) is 6.69. The van der Waals surface area contributed by atoms with E-state index in [1.54, 1.807) is 22.7 Å². The van der Waals surface area contributed by atoms with Crippen LogP contribution >= 0.6 is 11.6 Å². The van der Waals surface area contributed by atoms with Gasteiger partial charge in [-0.05, 0) is 35.1 Å². The first-order chi connectivity index (χ1) is 13.1. The summed E-state index contributed by atoms with van der Waals surface area (Å²) in [7, 11) is 0. The lowest BCUT2D eigenvalue weighted by molar-refractivity contribution is -0.389. The van der Waals surface area contributed by atoms with Crippen LogP contribution in [-0.2, 0) is 6.54 Å². The van der Waals surface area contributed by atoms with Crippen molar-refractivity contribution < 1.29 is 4.92 Å². The number of halogens is 1. The molecule has 3 heterocycles. The molecule has 3 aromatic rings. The Morgan fingerprint density at radius 3 is 2.67 bits per heavy atom. The van der Waals surface area contributed by atoms with Crippen LogP contribution in [0.25, 0.3) is 5.65 Å². The van der Waals surface area contributed by atoms with E-state index in [1.807, 2.05) is 35.2 Å². The zero-order chi connectivity index (χ0) is 18.8. The SMILES string of the molecule is O=[N+]([O-])c1c(N2CCCN(Cc3ccc(Cl)cc3)CC2)nc2ccccn12. The quantitative estimate of drug-likeness (QED) is 0.507. The number of hydrogen-bond donors (Lipinski definition) is 0. The van der Waals surface area contributed by atoms with Gasteiger partial charge in [0, 0.05) is 43.8 Å². The van der Waals surface area contributed by atoms with Crippen molar-refractivity contribution in [2.24, 2.45) is 0 Å². The maximum Gasteiger partial charge on any atom is 0.372 e. The molecule has 1 fully saturated rings. The molecule has 1 aromatic carbocycles. The summed E-state index contributed by atoms with van der Waals surface area (Å²) in [6, 6.07) is 13.3. The summed E-state index contributed by atoms with van der Waals surface area (Å²) in [5.41, 5.74) is 1.81. The van der Waals surface area contributed by atoms with Gasteiger partial charge in [-0.2, -0.15) is 9.38 Å². The van der Waals surface area contributed by atoms with Gasteiger partial charge in [0.2, 0.25) is 11.5 Å². The molecule has 0 radical (unpaired) electrons. The molecule has 8 heteroatoms. The van der Waals surface area contributed by atoms with Gasteiger partial charge in [0.1, 0.15) is 0 Å². The normalized spacial score (nSPS) is 15.8. The number of benzene rings is 1. The molecule has 1 aliphatic rings. The second kappa shape index (κ2) is 7.54. The van der Waals surface area contributed by atoms with Crippen molar-refractivity contribution in [1.29, 1.82) is 0 Å². The van der Waals surface area contributed by atoms with E-state index < -0.39 is 0 Å². The summed E-state index contributed by atoms with van der Waals surface area (Å²) in [5, 5.41) is 12.4. The van der Waals surface area contributed by atoms with E-state index in [0.717, 1.165) is 37.6 Å². The van der Waals surface area contributed by atoms with Gasteiger partial charge in [-0.15, -0.1) is 0 Å².